The average molecular weight is 223 g/mol. The summed E-state index contributed by atoms with van der Waals surface area (Å²) >= 11 is 0. The van der Waals surface area contributed by atoms with Crippen LogP contribution in [0.2, 0.25) is 0 Å². The number of nitrogens with one attached hydrogen (secondary N) is 1. The van der Waals surface area contributed by atoms with Gasteiger partial charge < -0.3 is 11.1 Å². The van der Waals surface area contributed by atoms with E-state index in [1.807, 2.05) is 0 Å². The van der Waals surface area contributed by atoms with Crippen LogP contribution in [0.5, 0.6) is 0 Å². The molecule has 1 aromatic heterocycles. The molecule has 1 amide bonds. The minimum Gasteiger partial charge on any atom is -0.350 e. The Bertz CT molecular complexity index is 358. The van der Waals surface area contributed by atoms with E-state index >= 15 is 0 Å². The van der Waals surface area contributed by atoms with Gasteiger partial charge >= 0.3 is 0 Å². The van der Waals surface area contributed by atoms with E-state index in [2.05, 4.69) is 15.6 Å². The number of carbonyl (C=O) groups is 1. The van der Waals surface area contributed by atoms with Crippen LogP contribution < -0.4 is 11.1 Å². The third-order valence-electron chi connectivity index (χ3n) is 2.91. The van der Waals surface area contributed by atoms with Crippen molar-refractivity contribution in [3.63, 3.8) is 0 Å². The van der Waals surface area contributed by atoms with Gasteiger partial charge in [-0.15, -0.1) is 5.10 Å². The number of hydrogen-bond acceptors (Lipinski definition) is 4. The Hall–Kier alpha value is -1.43. The SMILES string of the molecule is NCCn1cc(C(=O)NCC2CCC2)nn1. The van der Waals surface area contributed by atoms with Crippen molar-refractivity contribution in [3.05, 3.63) is 11.9 Å². The molecule has 1 aliphatic carbocycles. The second kappa shape index (κ2) is 5.07. The molecule has 88 valence electrons. The van der Waals surface area contributed by atoms with Crippen molar-refractivity contribution in [1.29, 1.82) is 0 Å². The van der Waals surface area contributed by atoms with Gasteiger partial charge in [0.25, 0.3) is 5.91 Å². The van der Waals surface area contributed by atoms with Crippen LogP contribution in [0.1, 0.15) is 29.8 Å². The molecular weight excluding hydrogens is 206 g/mol. The van der Waals surface area contributed by atoms with Gasteiger partial charge in [0.2, 0.25) is 0 Å². The number of hydrogen-bond donors (Lipinski definition) is 2. The van der Waals surface area contributed by atoms with Crippen molar-refractivity contribution in [2.24, 2.45) is 11.7 Å². The first-order valence-corrected chi connectivity index (χ1v) is 5.68. The monoisotopic (exact) mass is 223 g/mol. The number of rotatable bonds is 5. The van der Waals surface area contributed by atoms with Crippen molar-refractivity contribution < 1.29 is 4.79 Å². The number of nitrogens with zero attached hydrogens (tertiary/aromatic N) is 3. The summed E-state index contributed by atoms with van der Waals surface area (Å²) in [7, 11) is 0. The lowest BCUT2D eigenvalue weighted by Crippen LogP contribution is -2.32. The van der Waals surface area contributed by atoms with E-state index in [1.165, 1.54) is 19.3 Å². The van der Waals surface area contributed by atoms with E-state index in [9.17, 15) is 4.79 Å². The quantitative estimate of drug-likeness (QED) is 0.721. The van der Waals surface area contributed by atoms with Crippen LogP contribution in [0.15, 0.2) is 6.20 Å². The Morgan fingerprint density at radius 3 is 3.06 bits per heavy atom. The Balaban J connectivity index is 1.82. The molecule has 0 spiro atoms. The van der Waals surface area contributed by atoms with Gasteiger partial charge in [0.05, 0.1) is 12.7 Å². The molecule has 3 N–H and O–H groups in total. The summed E-state index contributed by atoms with van der Waals surface area (Å²) in [5, 5.41) is 10.5. The van der Waals surface area contributed by atoms with Crippen LogP contribution in [0.25, 0.3) is 0 Å². The fourth-order valence-electron chi connectivity index (χ4n) is 1.67. The molecule has 2 rings (SSSR count). The molecule has 1 saturated carbocycles. The number of nitrogens with two attached hydrogens (primary N) is 1. The number of amides is 1. The topological polar surface area (TPSA) is 85.8 Å². The second-order valence-electron chi connectivity index (χ2n) is 4.16. The highest BCUT2D eigenvalue weighted by molar-refractivity contribution is 5.91. The van der Waals surface area contributed by atoms with Crippen LogP contribution >= 0.6 is 0 Å². The summed E-state index contributed by atoms with van der Waals surface area (Å²) in [5.74, 6) is 0.512. The van der Waals surface area contributed by atoms with Crippen LogP contribution in [0, 0.1) is 5.92 Å². The maximum atomic E-state index is 11.6. The molecule has 0 bridgehead atoms. The molecule has 0 saturated heterocycles. The van der Waals surface area contributed by atoms with Crippen molar-refractivity contribution in [3.8, 4) is 0 Å². The van der Waals surface area contributed by atoms with Gasteiger partial charge in [-0.25, -0.2) is 0 Å². The van der Waals surface area contributed by atoms with E-state index in [1.54, 1.807) is 10.9 Å². The molecule has 0 atom stereocenters. The maximum absolute atomic E-state index is 11.6. The van der Waals surface area contributed by atoms with Gasteiger partial charge in [0.1, 0.15) is 0 Å². The summed E-state index contributed by atoms with van der Waals surface area (Å²) in [5.41, 5.74) is 5.75. The largest absolute Gasteiger partial charge is 0.350 e. The molecule has 1 fully saturated rings. The van der Waals surface area contributed by atoms with E-state index in [0.717, 1.165) is 6.54 Å². The maximum Gasteiger partial charge on any atom is 0.273 e. The van der Waals surface area contributed by atoms with Gasteiger partial charge in [-0.1, -0.05) is 11.6 Å². The Labute approximate surface area is 94.2 Å². The van der Waals surface area contributed by atoms with Crippen LogP contribution in [0.3, 0.4) is 0 Å². The lowest BCUT2D eigenvalue weighted by molar-refractivity contribution is 0.0934. The van der Waals surface area contributed by atoms with Crippen LogP contribution in [-0.4, -0.2) is 34.0 Å². The first-order valence-electron chi connectivity index (χ1n) is 5.68. The first-order chi connectivity index (χ1) is 7.79. The smallest absolute Gasteiger partial charge is 0.273 e. The van der Waals surface area contributed by atoms with Gasteiger partial charge in [-0.3, -0.25) is 9.48 Å². The fraction of sp³-hybridized carbons (Fsp3) is 0.700. The summed E-state index contributed by atoms with van der Waals surface area (Å²) in [4.78, 5) is 11.6. The molecule has 1 aliphatic rings. The summed E-state index contributed by atoms with van der Waals surface area (Å²) in [6.45, 7) is 1.83. The van der Waals surface area contributed by atoms with Gasteiger partial charge in [-0.2, -0.15) is 0 Å². The molecule has 1 aromatic rings. The number of aromatic nitrogens is 3. The van der Waals surface area contributed by atoms with Crippen LogP contribution in [0.4, 0.5) is 0 Å². The second-order valence-corrected chi connectivity index (χ2v) is 4.16. The lowest BCUT2D eigenvalue weighted by Gasteiger charge is -2.25. The zero-order valence-corrected chi connectivity index (χ0v) is 9.22. The summed E-state index contributed by atoms with van der Waals surface area (Å²) in [6, 6.07) is 0. The molecule has 0 radical (unpaired) electrons. The minimum atomic E-state index is -0.143. The van der Waals surface area contributed by atoms with Gasteiger partial charge in [0, 0.05) is 13.1 Å². The molecule has 0 unspecified atom stereocenters. The van der Waals surface area contributed by atoms with E-state index in [4.69, 9.17) is 5.73 Å². The standard InChI is InChI=1S/C10H17N5O/c11-4-5-15-7-9(13-14-15)10(16)12-6-8-2-1-3-8/h7-8H,1-6,11H2,(H,12,16). The third kappa shape index (κ3) is 2.57. The Kier molecular flexibility index (Phi) is 3.51. The summed E-state index contributed by atoms with van der Waals surface area (Å²) in [6.07, 6.45) is 5.36. The van der Waals surface area contributed by atoms with Crippen LogP contribution in [-0.2, 0) is 6.54 Å². The lowest BCUT2D eigenvalue weighted by atomic mass is 9.85. The first kappa shape index (κ1) is 11.1. The van der Waals surface area contributed by atoms with E-state index < -0.39 is 0 Å². The number of carbonyl (C=O) groups excluding carboxylic acids is 1. The van der Waals surface area contributed by atoms with Crippen molar-refractivity contribution >= 4 is 5.91 Å². The Morgan fingerprint density at radius 2 is 2.44 bits per heavy atom. The van der Waals surface area contributed by atoms with E-state index in [0.29, 0.717) is 24.7 Å². The van der Waals surface area contributed by atoms with Crippen molar-refractivity contribution in [2.45, 2.75) is 25.8 Å². The molecular formula is C10H17N5O. The summed E-state index contributed by atoms with van der Waals surface area (Å²) < 4.78 is 1.58. The van der Waals surface area contributed by atoms with Crippen molar-refractivity contribution in [1.82, 2.24) is 20.3 Å². The van der Waals surface area contributed by atoms with Gasteiger partial charge in [0.15, 0.2) is 5.69 Å². The zero-order chi connectivity index (χ0) is 11.4. The molecule has 1 heterocycles. The third-order valence-corrected chi connectivity index (χ3v) is 2.91. The normalized spacial score (nSPS) is 15.8. The van der Waals surface area contributed by atoms with E-state index in [-0.39, 0.29) is 5.91 Å². The molecule has 6 heteroatoms. The highest BCUT2D eigenvalue weighted by Crippen LogP contribution is 2.25. The fourth-order valence-corrected chi connectivity index (χ4v) is 1.67. The highest BCUT2D eigenvalue weighted by Gasteiger charge is 2.19. The predicted molar refractivity (Wildman–Crippen MR) is 58.8 cm³/mol. The van der Waals surface area contributed by atoms with Gasteiger partial charge in [-0.05, 0) is 18.8 Å². The average Bonchev–Trinajstić information content (AvgIpc) is 2.64. The minimum absolute atomic E-state index is 0.143. The predicted octanol–water partition coefficient (Wildman–Crippen LogP) is -0.233. The molecule has 16 heavy (non-hydrogen) atoms. The molecule has 6 nitrogen and oxygen atoms in total. The molecule has 0 aliphatic heterocycles. The zero-order valence-electron chi connectivity index (χ0n) is 9.22. The van der Waals surface area contributed by atoms with Crippen molar-refractivity contribution in [2.75, 3.05) is 13.1 Å². The Morgan fingerprint density at radius 1 is 1.62 bits per heavy atom. The highest BCUT2D eigenvalue weighted by atomic mass is 16.2. The molecule has 0 aromatic carbocycles.